The van der Waals surface area contributed by atoms with Crippen LogP contribution in [0.5, 0.6) is 5.75 Å². The Balaban J connectivity index is 2.05. The van der Waals surface area contributed by atoms with Crippen molar-refractivity contribution < 1.29 is 4.74 Å². The molecule has 0 saturated carbocycles. The van der Waals surface area contributed by atoms with Crippen LogP contribution in [-0.2, 0) is 6.54 Å². The van der Waals surface area contributed by atoms with Crippen molar-refractivity contribution in [3.05, 3.63) is 55.9 Å². The van der Waals surface area contributed by atoms with Crippen molar-refractivity contribution in [3.63, 3.8) is 0 Å². The number of benzene rings is 1. The molecule has 1 heterocycles. The molecule has 0 aliphatic heterocycles. The van der Waals surface area contributed by atoms with Crippen molar-refractivity contribution in [2.45, 2.75) is 6.54 Å². The first-order valence-corrected chi connectivity index (χ1v) is 6.84. The maximum Gasteiger partial charge on any atom is 0.250 e. The minimum absolute atomic E-state index is 0.150. The average molecular weight is 334 g/mol. The fourth-order valence-corrected chi connectivity index (χ4v) is 2.18. The Hall–Kier alpha value is -1.36. The highest BCUT2D eigenvalue weighted by Crippen LogP contribution is 2.33. The summed E-state index contributed by atoms with van der Waals surface area (Å²) in [6, 6.07) is 6.00. The van der Waals surface area contributed by atoms with Gasteiger partial charge in [-0.3, -0.25) is 4.79 Å². The molecule has 4 nitrogen and oxygen atoms in total. The molecule has 0 fully saturated rings. The van der Waals surface area contributed by atoms with E-state index in [0.717, 1.165) is 0 Å². The number of pyridine rings is 1. The van der Waals surface area contributed by atoms with E-state index in [1.54, 1.807) is 12.3 Å². The highest BCUT2D eigenvalue weighted by atomic mass is 35.5. The first-order chi connectivity index (χ1) is 9.47. The van der Waals surface area contributed by atoms with Gasteiger partial charge in [0.1, 0.15) is 12.4 Å². The first-order valence-electron chi connectivity index (χ1n) is 5.70. The highest BCUT2D eigenvalue weighted by molar-refractivity contribution is 6.43. The fourth-order valence-electron chi connectivity index (χ4n) is 1.59. The summed E-state index contributed by atoms with van der Waals surface area (Å²) in [5.74, 6) is 0.415. The van der Waals surface area contributed by atoms with Crippen molar-refractivity contribution in [1.29, 1.82) is 0 Å². The summed E-state index contributed by atoms with van der Waals surface area (Å²) in [5, 5.41) is 1.07. The van der Waals surface area contributed by atoms with E-state index in [2.05, 4.69) is 0 Å². The average Bonchev–Trinajstić information content (AvgIpc) is 2.39. The Labute approximate surface area is 130 Å². The monoisotopic (exact) mass is 332 g/mol. The van der Waals surface area contributed by atoms with Crippen LogP contribution in [0.25, 0.3) is 0 Å². The first kappa shape index (κ1) is 15.0. The molecule has 0 aliphatic carbocycles. The molecule has 2 N–H and O–H groups in total. The van der Waals surface area contributed by atoms with Gasteiger partial charge in [0.2, 0.25) is 0 Å². The van der Waals surface area contributed by atoms with Crippen LogP contribution in [0.4, 0.5) is 5.69 Å². The summed E-state index contributed by atoms with van der Waals surface area (Å²) in [4.78, 5) is 11.6. The molecule has 0 amide bonds. The van der Waals surface area contributed by atoms with Gasteiger partial charge in [-0.05, 0) is 12.1 Å². The number of hydrogen-bond acceptors (Lipinski definition) is 3. The number of nitrogens with zero attached hydrogens (tertiary/aromatic N) is 1. The Morgan fingerprint density at radius 2 is 1.80 bits per heavy atom. The Bertz CT molecular complexity index is 686. The van der Waals surface area contributed by atoms with Crippen LogP contribution in [0.3, 0.4) is 0 Å². The molecule has 2 aromatic rings. The summed E-state index contributed by atoms with van der Waals surface area (Å²) in [6.45, 7) is 0.599. The van der Waals surface area contributed by atoms with E-state index in [0.29, 0.717) is 33.0 Å². The fraction of sp³-hybridized carbons (Fsp3) is 0.154. The minimum atomic E-state index is -0.150. The van der Waals surface area contributed by atoms with Gasteiger partial charge in [-0.15, -0.1) is 0 Å². The van der Waals surface area contributed by atoms with Crippen LogP contribution in [0, 0.1) is 0 Å². The molecular weight excluding hydrogens is 323 g/mol. The van der Waals surface area contributed by atoms with Gasteiger partial charge in [-0.25, -0.2) is 0 Å². The molecule has 0 unspecified atom stereocenters. The number of aromatic nitrogens is 1. The van der Waals surface area contributed by atoms with Gasteiger partial charge in [0.25, 0.3) is 5.56 Å². The van der Waals surface area contributed by atoms with Crippen LogP contribution >= 0.6 is 34.8 Å². The molecular formula is C13H11Cl3N2O2. The van der Waals surface area contributed by atoms with Gasteiger partial charge < -0.3 is 15.0 Å². The molecule has 0 bridgehead atoms. The lowest BCUT2D eigenvalue weighted by Gasteiger charge is -2.10. The summed E-state index contributed by atoms with van der Waals surface area (Å²) in [5.41, 5.74) is 5.98. The third-order valence-corrected chi connectivity index (χ3v) is 3.59. The number of hydrogen-bond donors (Lipinski definition) is 1. The summed E-state index contributed by atoms with van der Waals surface area (Å²) >= 11 is 17.7. The Morgan fingerprint density at radius 1 is 1.10 bits per heavy atom. The maximum absolute atomic E-state index is 11.6. The van der Waals surface area contributed by atoms with Gasteiger partial charge in [0, 0.05) is 24.0 Å². The third kappa shape index (κ3) is 3.60. The van der Waals surface area contributed by atoms with Gasteiger partial charge in [-0.2, -0.15) is 0 Å². The van der Waals surface area contributed by atoms with Gasteiger partial charge in [0.05, 0.1) is 21.6 Å². The van der Waals surface area contributed by atoms with Gasteiger partial charge in [0.15, 0.2) is 0 Å². The number of ether oxygens (including phenoxy) is 1. The third-order valence-electron chi connectivity index (χ3n) is 2.57. The molecule has 2 rings (SSSR count). The zero-order valence-corrected chi connectivity index (χ0v) is 12.5. The van der Waals surface area contributed by atoms with Crippen molar-refractivity contribution in [2.75, 3.05) is 12.3 Å². The largest absolute Gasteiger partial charge is 0.490 e. The molecule has 20 heavy (non-hydrogen) atoms. The van der Waals surface area contributed by atoms with E-state index in [9.17, 15) is 4.79 Å². The van der Waals surface area contributed by atoms with Crippen molar-refractivity contribution >= 4 is 40.5 Å². The molecule has 0 atom stereocenters. The lowest BCUT2D eigenvalue weighted by atomic mass is 10.3. The van der Waals surface area contributed by atoms with Crippen LogP contribution < -0.4 is 16.0 Å². The predicted molar refractivity (Wildman–Crippen MR) is 82.1 cm³/mol. The van der Waals surface area contributed by atoms with E-state index in [1.807, 2.05) is 0 Å². The topological polar surface area (TPSA) is 57.2 Å². The molecule has 7 heteroatoms. The lowest BCUT2D eigenvalue weighted by Crippen LogP contribution is -2.22. The SMILES string of the molecule is Nc1ccc(=O)n(CCOc2cc(Cl)c(Cl)cc2Cl)c1. The maximum atomic E-state index is 11.6. The van der Waals surface area contributed by atoms with Gasteiger partial charge in [-0.1, -0.05) is 34.8 Å². The highest BCUT2D eigenvalue weighted by Gasteiger charge is 2.07. The number of nitrogen functional groups attached to an aromatic ring is 1. The zero-order chi connectivity index (χ0) is 14.7. The van der Waals surface area contributed by atoms with Crippen molar-refractivity contribution in [3.8, 4) is 5.75 Å². The second-order valence-corrected chi connectivity index (χ2v) is 5.26. The van der Waals surface area contributed by atoms with Crippen LogP contribution in [0.1, 0.15) is 0 Å². The number of rotatable bonds is 4. The van der Waals surface area contributed by atoms with Gasteiger partial charge >= 0.3 is 0 Å². The van der Waals surface area contributed by atoms with Crippen LogP contribution in [0.2, 0.25) is 15.1 Å². The molecule has 1 aromatic carbocycles. The van der Waals surface area contributed by atoms with E-state index in [1.165, 1.54) is 22.8 Å². The molecule has 106 valence electrons. The molecule has 0 saturated heterocycles. The quantitative estimate of drug-likeness (QED) is 0.872. The zero-order valence-electron chi connectivity index (χ0n) is 10.3. The predicted octanol–water partition coefficient (Wildman–Crippen LogP) is 3.47. The van der Waals surface area contributed by atoms with E-state index in [4.69, 9.17) is 45.3 Å². The van der Waals surface area contributed by atoms with E-state index < -0.39 is 0 Å². The molecule has 0 spiro atoms. The van der Waals surface area contributed by atoms with E-state index in [-0.39, 0.29) is 12.2 Å². The van der Waals surface area contributed by atoms with Crippen molar-refractivity contribution in [1.82, 2.24) is 4.57 Å². The standard InChI is InChI=1S/C13H11Cl3N2O2/c14-9-5-11(16)12(6-10(9)15)20-4-3-18-7-8(17)1-2-13(18)19/h1-2,5-7H,3-4,17H2. The Morgan fingerprint density at radius 3 is 2.55 bits per heavy atom. The normalized spacial score (nSPS) is 10.6. The number of halogens is 3. The van der Waals surface area contributed by atoms with E-state index >= 15 is 0 Å². The Kier molecular flexibility index (Phi) is 4.81. The van der Waals surface area contributed by atoms with Crippen LogP contribution in [-0.4, -0.2) is 11.2 Å². The number of anilines is 1. The molecule has 0 aliphatic rings. The second kappa shape index (κ2) is 6.39. The number of nitrogens with two attached hydrogens (primary N) is 1. The summed E-state index contributed by atoms with van der Waals surface area (Å²) in [6.07, 6.45) is 1.56. The smallest absolute Gasteiger partial charge is 0.250 e. The minimum Gasteiger partial charge on any atom is -0.490 e. The lowest BCUT2D eigenvalue weighted by molar-refractivity contribution is 0.296. The van der Waals surface area contributed by atoms with Crippen LogP contribution in [0.15, 0.2) is 35.3 Å². The summed E-state index contributed by atoms with van der Waals surface area (Å²) in [7, 11) is 0. The molecule has 0 radical (unpaired) electrons. The summed E-state index contributed by atoms with van der Waals surface area (Å²) < 4.78 is 6.95. The van der Waals surface area contributed by atoms with Crippen molar-refractivity contribution in [2.24, 2.45) is 0 Å². The molecule has 1 aromatic heterocycles. The second-order valence-electron chi connectivity index (χ2n) is 4.04.